The van der Waals surface area contributed by atoms with E-state index in [1.165, 1.54) is 11.0 Å². The van der Waals surface area contributed by atoms with E-state index in [0.29, 0.717) is 11.4 Å². The van der Waals surface area contributed by atoms with Crippen LogP contribution in [0.2, 0.25) is 0 Å². The van der Waals surface area contributed by atoms with Crippen LogP contribution >= 0.6 is 0 Å². The molecule has 1 atom stereocenters. The fraction of sp³-hybridized carbons (Fsp3) is 0.222. The monoisotopic (exact) mass is 310 g/mol. The summed E-state index contributed by atoms with van der Waals surface area (Å²) in [6.07, 6.45) is 0.852. The normalized spacial score (nSPS) is 17.6. The number of para-hydroxylation sites is 1. The highest BCUT2D eigenvalue weighted by Gasteiger charge is 2.40. The van der Waals surface area contributed by atoms with Crippen molar-refractivity contribution in [2.75, 3.05) is 10.2 Å². The zero-order valence-corrected chi connectivity index (χ0v) is 12.8. The van der Waals surface area contributed by atoms with E-state index in [1.54, 1.807) is 24.3 Å². The molecule has 1 heterocycles. The van der Waals surface area contributed by atoms with E-state index in [1.807, 2.05) is 25.1 Å². The first-order chi connectivity index (χ1) is 11.1. The number of anilines is 2. The van der Waals surface area contributed by atoms with Gasteiger partial charge in [0.25, 0.3) is 5.91 Å². The topological polar surface area (TPSA) is 69.6 Å². The molecule has 0 saturated carbocycles. The van der Waals surface area contributed by atoms with Crippen molar-refractivity contribution in [3.8, 4) is 5.75 Å². The molecule has 0 aliphatic carbocycles. The van der Waals surface area contributed by atoms with Crippen molar-refractivity contribution in [1.29, 1.82) is 0 Å². The van der Waals surface area contributed by atoms with Gasteiger partial charge in [-0.1, -0.05) is 31.2 Å². The van der Waals surface area contributed by atoms with Gasteiger partial charge in [-0.15, -0.1) is 0 Å². The molecule has 1 aliphatic rings. The molecule has 0 aromatic heterocycles. The summed E-state index contributed by atoms with van der Waals surface area (Å²) in [6.45, 7) is 1.99. The van der Waals surface area contributed by atoms with Crippen molar-refractivity contribution >= 4 is 23.2 Å². The second-order valence-electron chi connectivity index (χ2n) is 5.50. The highest BCUT2D eigenvalue weighted by atomic mass is 16.3. The molecule has 1 saturated heterocycles. The van der Waals surface area contributed by atoms with Gasteiger partial charge in [-0.3, -0.25) is 9.59 Å². The van der Waals surface area contributed by atoms with Gasteiger partial charge in [0.2, 0.25) is 5.91 Å². The van der Waals surface area contributed by atoms with E-state index < -0.39 is 6.04 Å². The maximum atomic E-state index is 12.7. The number of hydrogen-bond donors (Lipinski definition) is 2. The number of hydrogen-bond acceptors (Lipinski definition) is 4. The van der Waals surface area contributed by atoms with Gasteiger partial charge < -0.3 is 10.4 Å². The van der Waals surface area contributed by atoms with Gasteiger partial charge in [0.1, 0.15) is 11.8 Å². The number of benzene rings is 2. The first-order valence-electron chi connectivity index (χ1n) is 7.60. The third-order valence-corrected chi connectivity index (χ3v) is 3.95. The lowest BCUT2D eigenvalue weighted by atomic mass is 10.1. The van der Waals surface area contributed by atoms with Crippen LogP contribution in [0.15, 0.2) is 48.5 Å². The molecule has 118 valence electrons. The van der Waals surface area contributed by atoms with E-state index in [0.717, 1.165) is 12.0 Å². The van der Waals surface area contributed by atoms with Crippen molar-refractivity contribution in [3.63, 3.8) is 0 Å². The van der Waals surface area contributed by atoms with Crippen LogP contribution in [0.4, 0.5) is 11.4 Å². The summed E-state index contributed by atoms with van der Waals surface area (Å²) >= 11 is 0. The maximum Gasteiger partial charge on any atom is 0.256 e. The number of carbonyl (C=O) groups excluding carboxylic acids is 2. The number of amides is 2. The number of phenolic OH excluding ortho intramolecular Hbond substituents is 1. The number of nitrogens with one attached hydrogen (secondary N) is 1. The molecule has 2 N–H and O–H groups in total. The molecule has 2 aromatic rings. The predicted octanol–water partition coefficient (Wildman–Crippen LogP) is 2.70. The van der Waals surface area contributed by atoms with Crippen molar-refractivity contribution in [2.24, 2.45) is 0 Å². The smallest absolute Gasteiger partial charge is 0.256 e. The second kappa shape index (κ2) is 6.12. The lowest BCUT2D eigenvalue weighted by Gasteiger charge is -2.19. The number of aryl methyl sites for hydroxylation is 1. The van der Waals surface area contributed by atoms with Crippen LogP contribution in [0.3, 0.4) is 0 Å². The van der Waals surface area contributed by atoms with Gasteiger partial charge in [-0.2, -0.15) is 0 Å². The third kappa shape index (κ3) is 2.90. The Morgan fingerprint density at radius 3 is 2.70 bits per heavy atom. The quantitative estimate of drug-likeness (QED) is 0.852. The van der Waals surface area contributed by atoms with Gasteiger partial charge in [-0.05, 0) is 30.2 Å². The van der Waals surface area contributed by atoms with Crippen molar-refractivity contribution < 1.29 is 14.7 Å². The number of phenols is 1. The molecule has 5 nitrogen and oxygen atoms in total. The van der Waals surface area contributed by atoms with Gasteiger partial charge >= 0.3 is 0 Å². The molecule has 5 heteroatoms. The highest BCUT2D eigenvalue weighted by molar-refractivity contribution is 6.23. The number of imide groups is 1. The molecular formula is C18H18N2O3. The fourth-order valence-corrected chi connectivity index (χ4v) is 2.82. The summed E-state index contributed by atoms with van der Waals surface area (Å²) in [5, 5.41) is 12.5. The Balaban J connectivity index is 1.85. The summed E-state index contributed by atoms with van der Waals surface area (Å²) in [4.78, 5) is 26.3. The molecule has 1 aliphatic heterocycles. The minimum absolute atomic E-state index is 0.104. The van der Waals surface area contributed by atoms with Crippen LogP contribution in [-0.2, 0) is 16.0 Å². The number of carbonyl (C=O) groups is 2. The van der Waals surface area contributed by atoms with Gasteiger partial charge in [0, 0.05) is 11.8 Å². The molecule has 3 rings (SSSR count). The predicted molar refractivity (Wildman–Crippen MR) is 88.4 cm³/mol. The summed E-state index contributed by atoms with van der Waals surface area (Å²) < 4.78 is 0. The molecule has 1 fully saturated rings. The Morgan fingerprint density at radius 1 is 1.17 bits per heavy atom. The zero-order chi connectivity index (χ0) is 16.4. The summed E-state index contributed by atoms with van der Waals surface area (Å²) in [6, 6.07) is 13.3. The van der Waals surface area contributed by atoms with Crippen molar-refractivity contribution in [3.05, 3.63) is 54.1 Å². The molecular weight excluding hydrogens is 292 g/mol. The van der Waals surface area contributed by atoms with E-state index in [2.05, 4.69) is 5.32 Å². The second-order valence-corrected chi connectivity index (χ2v) is 5.50. The van der Waals surface area contributed by atoms with Gasteiger partial charge in [-0.25, -0.2) is 4.90 Å². The van der Waals surface area contributed by atoms with E-state index in [9.17, 15) is 14.7 Å². The fourth-order valence-electron chi connectivity index (χ4n) is 2.82. The van der Waals surface area contributed by atoms with E-state index >= 15 is 0 Å². The number of aromatic hydroxyl groups is 1. The molecule has 23 heavy (non-hydrogen) atoms. The largest absolute Gasteiger partial charge is 0.508 e. The minimum Gasteiger partial charge on any atom is -0.508 e. The van der Waals surface area contributed by atoms with Crippen LogP contribution in [-0.4, -0.2) is 23.0 Å². The molecule has 0 bridgehead atoms. The Hall–Kier alpha value is -2.82. The highest BCUT2D eigenvalue weighted by Crippen LogP contribution is 2.28. The standard InChI is InChI=1S/C18H18N2O3/c1-2-12-6-3-4-9-16(12)20-17(22)11-15(18(20)23)19-13-7-5-8-14(21)10-13/h3-10,15,19,21H,2,11H2,1H3. The molecule has 2 amide bonds. The zero-order valence-electron chi connectivity index (χ0n) is 12.8. The molecule has 0 radical (unpaired) electrons. The minimum atomic E-state index is -0.616. The first kappa shape index (κ1) is 15.1. The van der Waals surface area contributed by atoms with Gasteiger partial charge in [0.05, 0.1) is 12.1 Å². The summed E-state index contributed by atoms with van der Waals surface area (Å²) in [7, 11) is 0. The van der Waals surface area contributed by atoms with Crippen molar-refractivity contribution in [1.82, 2.24) is 0 Å². The van der Waals surface area contributed by atoms with Gasteiger partial charge in [0.15, 0.2) is 0 Å². The van der Waals surface area contributed by atoms with Crippen molar-refractivity contribution in [2.45, 2.75) is 25.8 Å². The molecule has 0 spiro atoms. The number of rotatable bonds is 4. The Bertz CT molecular complexity index is 757. The third-order valence-electron chi connectivity index (χ3n) is 3.95. The lowest BCUT2D eigenvalue weighted by molar-refractivity contribution is -0.121. The first-order valence-corrected chi connectivity index (χ1v) is 7.60. The van der Waals surface area contributed by atoms with Crippen LogP contribution in [0.25, 0.3) is 0 Å². The van der Waals surface area contributed by atoms with E-state index in [-0.39, 0.29) is 24.0 Å². The Kier molecular flexibility index (Phi) is 4.02. The summed E-state index contributed by atoms with van der Waals surface area (Å²) in [5.41, 5.74) is 2.24. The molecule has 2 aromatic carbocycles. The maximum absolute atomic E-state index is 12.7. The van der Waals surface area contributed by atoms with Crippen LogP contribution < -0.4 is 10.2 Å². The van der Waals surface area contributed by atoms with E-state index in [4.69, 9.17) is 0 Å². The average molecular weight is 310 g/mol. The number of nitrogens with zero attached hydrogens (tertiary/aromatic N) is 1. The summed E-state index contributed by atoms with van der Waals surface area (Å²) in [5.74, 6) is -0.368. The van der Waals surface area contributed by atoms with Crippen LogP contribution in [0.5, 0.6) is 5.75 Å². The Morgan fingerprint density at radius 2 is 1.96 bits per heavy atom. The SMILES string of the molecule is CCc1ccccc1N1C(=O)CC(Nc2cccc(O)c2)C1=O. The van der Waals surface area contributed by atoms with Crippen LogP contribution in [0, 0.1) is 0 Å². The lowest BCUT2D eigenvalue weighted by Crippen LogP contribution is -2.35. The molecule has 1 unspecified atom stereocenters. The average Bonchev–Trinajstić information content (AvgIpc) is 2.81. The van der Waals surface area contributed by atoms with Crippen LogP contribution in [0.1, 0.15) is 18.9 Å². The Labute approximate surface area is 134 Å².